The van der Waals surface area contributed by atoms with E-state index in [0.29, 0.717) is 25.8 Å². The summed E-state index contributed by atoms with van der Waals surface area (Å²) in [4.78, 5) is 38.4. The first-order chi connectivity index (χ1) is 12.4. The van der Waals surface area contributed by atoms with Crippen molar-refractivity contribution < 1.29 is 19.5 Å². The number of hydrogen-bond acceptors (Lipinski definition) is 4. The van der Waals surface area contributed by atoms with Gasteiger partial charge in [0.05, 0.1) is 0 Å². The van der Waals surface area contributed by atoms with Crippen LogP contribution in [0.4, 0.5) is 0 Å². The van der Waals surface area contributed by atoms with E-state index >= 15 is 0 Å². The summed E-state index contributed by atoms with van der Waals surface area (Å²) in [6.07, 6.45) is 1.79. The number of rotatable bonds is 7. The predicted molar refractivity (Wildman–Crippen MR) is 102 cm³/mol. The zero-order valence-corrected chi connectivity index (χ0v) is 16.0. The van der Waals surface area contributed by atoms with Gasteiger partial charge in [-0.25, -0.2) is 4.79 Å². The van der Waals surface area contributed by atoms with E-state index in [1.54, 1.807) is 12.1 Å². The van der Waals surface area contributed by atoms with Crippen LogP contribution in [0.1, 0.15) is 43.9 Å². The van der Waals surface area contributed by atoms with E-state index < -0.39 is 23.3 Å². The number of nitrogens with zero attached hydrogens (tertiary/aromatic N) is 1. The minimum Gasteiger partial charge on any atom is -0.480 e. The lowest BCUT2D eigenvalue weighted by molar-refractivity contribution is -0.150. The van der Waals surface area contributed by atoms with Gasteiger partial charge in [0.1, 0.15) is 17.3 Å². The van der Waals surface area contributed by atoms with E-state index in [0.717, 1.165) is 5.56 Å². The quantitative estimate of drug-likeness (QED) is 0.635. The summed E-state index contributed by atoms with van der Waals surface area (Å²) >= 11 is 4.38. The van der Waals surface area contributed by atoms with Crippen LogP contribution in [0, 0.1) is 5.92 Å². The van der Waals surface area contributed by atoms with Crippen molar-refractivity contribution in [2.24, 2.45) is 5.92 Å². The molecule has 142 valence electrons. The zero-order valence-electron chi connectivity index (χ0n) is 15.1. The standard InChI is InChI=1S/C19H26N2O4S/c1-3-12(2)15(18(23)21-11-7-10-14(21)19(24)25)20-17(22)16(26)13-8-5-4-6-9-13/h4-6,8-9,12,14-16,26H,3,7,10-11H2,1-2H3,(H,20,22)(H,24,25)/t12-,14-,15-,16-/m0/s1. The van der Waals surface area contributed by atoms with Crippen LogP contribution in [-0.4, -0.2) is 46.4 Å². The van der Waals surface area contributed by atoms with Crippen molar-refractivity contribution in [2.45, 2.75) is 50.4 Å². The molecule has 26 heavy (non-hydrogen) atoms. The Bertz CT molecular complexity index is 652. The fourth-order valence-corrected chi connectivity index (χ4v) is 3.41. The third-order valence-corrected chi connectivity index (χ3v) is 5.49. The predicted octanol–water partition coefficient (Wildman–Crippen LogP) is 2.26. The van der Waals surface area contributed by atoms with Crippen LogP contribution in [-0.2, 0) is 14.4 Å². The third kappa shape index (κ3) is 4.58. The highest BCUT2D eigenvalue weighted by Gasteiger charge is 2.39. The van der Waals surface area contributed by atoms with E-state index in [-0.39, 0.29) is 17.7 Å². The molecule has 0 radical (unpaired) electrons. The molecule has 1 saturated heterocycles. The summed E-state index contributed by atoms with van der Waals surface area (Å²) in [5.74, 6) is -1.80. The lowest BCUT2D eigenvalue weighted by Gasteiger charge is -2.31. The van der Waals surface area contributed by atoms with Gasteiger partial charge in [0, 0.05) is 6.54 Å². The van der Waals surface area contributed by atoms with Crippen LogP contribution in [0.15, 0.2) is 30.3 Å². The van der Waals surface area contributed by atoms with Gasteiger partial charge in [-0.15, -0.1) is 0 Å². The molecule has 0 bridgehead atoms. The SMILES string of the molecule is CC[C@H](C)[C@H](NC(=O)[C@@H](S)c1ccccc1)C(=O)N1CCC[C@H]1C(=O)O. The normalized spacial score (nSPS) is 20.3. The summed E-state index contributed by atoms with van der Waals surface area (Å²) in [6.45, 7) is 4.22. The maximum absolute atomic E-state index is 13.0. The van der Waals surface area contributed by atoms with Crippen molar-refractivity contribution in [3.63, 3.8) is 0 Å². The molecule has 0 spiro atoms. The molecule has 7 heteroatoms. The van der Waals surface area contributed by atoms with E-state index in [9.17, 15) is 19.5 Å². The second-order valence-corrected chi connectivity index (χ2v) is 7.23. The number of carbonyl (C=O) groups excluding carboxylic acids is 2. The molecule has 6 nitrogen and oxygen atoms in total. The minimum absolute atomic E-state index is 0.113. The van der Waals surface area contributed by atoms with Crippen molar-refractivity contribution >= 4 is 30.4 Å². The van der Waals surface area contributed by atoms with Gasteiger partial charge in [-0.3, -0.25) is 9.59 Å². The van der Waals surface area contributed by atoms with E-state index in [1.807, 2.05) is 32.0 Å². The maximum Gasteiger partial charge on any atom is 0.326 e. The molecule has 2 N–H and O–H groups in total. The van der Waals surface area contributed by atoms with Gasteiger partial charge in [-0.1, -0.05) is 50.6 Å². The topological polar surface area (TPSA) is 86.7 Å². The molecule has 0 aromatic heterocycles. The molecule has 0 saturated carbocycles. The average Bonchev–Trinajstić information content (AvgIpc) is 3.15. The van der Waals surface area contributed by atoms with Crippen LogP contribution in [0.2, 0.25) is 0 Å². The molecule has 1 fully saturated rings. The molecule has 0 unspecified atom stereocenters. The number of carboxylic acid groups (broad SMARTS) is 1. The van der Waals surface area contributed by atoms with Gasteiger partial charge < -0.3 is 15.3 Å². The smallest absolute Gasteiger partial charge is 0.326 e. The summed E-state index contributed by atoms with van der Waals surface area (Å²) in [5, 5.41) is 11.4. The van der Waals surface area contributed by atoms with E-state index in [4.69, 9.17) is 0 Å². The number of amides is 2. The number of nitrogens with one attached hydrogen (secondary N) is 1. The summed E-state index contributed by atoms with van der Waals surface area (Å²) in [7, 11) is 0. The van der Waals surface area contributed by atoms with Gasteiger partial charge in [0.2, 0.25) is 11.8 Å². The fraction of sp³-hybridized carbons (Fsp3) is 0.526. The fourth-order valence-electron chi connectivity index (χ4n) is 3.17. The Kier molecular flexibility index (Phi) is 7.08. The first-order valence-electron chi connectivity index (χ1n) is 8.93. The van der Waals surface area contributed by atoms with Crippen molar-refractivity contribution in [1.29, 1.82) is 0 Å². The highest BCUT2D eigenvalue weighted by Crippen LogP contribution is 2.24. The molecule has 1 aromatic carbocycles. The number of carboxylic acids is 1. The first-order valence-corrected chi connectivity index (χ1v) is 9.45. The largest absolute Gasteiger partial charge is 0.480 e. The molecular formula is C19H26N2O4S. The Labute approximate surface area is 159 Å². The van der Waals surface area contributed by atoms with Crippen LogP contribution < -0.4 is 5.32 Å². The van der Waals surface area contributed by atoms with Gasteiger partial charge in [0.25, 0.3) is 0 Å². The van der Waals surface area contributed by atoms with Crippen molar-refractivity contribution in [1.82, 2.24) is 10.2 Å². The van der Waals surface area contributed by atoms with Crippen LogP contribution in [0.25, 0.3) is 0 Å². The van der Waals surface area contributed by atoms with Crippen molar-refractivity contribution in [3.05, 3.63) is 35.9 Å². The molecule has 1 heterocycles. The number of hydrogen-bond donors (Lipinski definition) is 3. The molecule has 0 aliphatic carbocycles. The van der Waals surface area contributed by atoms with Gasteiger partial charge in [-0.05, 0) is 24.3 Å². The van der Waals surface area contributed by atoms with Crippen LogP contribution in [0.5, 0.6) is 0 Å². The Morgan fingerprint density at radius 1 is 1.31 bits per heavy atom. The van der Waals surface area contributed by atoms with Gasteiger partial charge in [-0.2, -0.15) is 12.6 Å². The maximum atomic E-state index is 13.0. The minimum atomic E-state index is -0.999. The van der Waals surface area contributed by atoms with Gasteiger partial charge >= 0.3 is 5.97 Å². The number of carbonyl (C=O) groups is 3. The molecule has 2 rings (SSSR count). The Morgan fingerprint density at radius 3 is 2.54 bits per heavy atom. The lowest BCUT2D eigenvalue weighted by Crippen LogP contribution is -2.54. The van der Waals surface area contributed by atoms with Crippen molar-refractivity contribution in [2.75, 3.05) is 6.54 Å². The number of thiol groups is 1. The zero-order chi connectivity index (χ0) is 19.3. The molecule has 1 aliphatic heterocycles. The number of likely N-dealkylation sites (tertiary alicyclic amines) is 1. The summed E-state index contributed by atoms with van der Waals surface area (Å²) < 4.78 is 0. The summed E-state index contributed by atoms with van der Waals surface area (Å²) in [6, 6.07) is 7.54. The van der Waals surface area contributed by atoms with Crippen LogP contribution >= 0.6 is 12.6 Å². The Balaban J connectivity index is 2.15. The Morgan fingerprint density at radius 2 is 1.96 bits per heavy atom. The monoisotopic (exact) mass is 378 g/mol. The molecule has 1 aromatic rings. The second kappa shape index (κ2) is 9.07. The average molecular weight is 378 g/mol. The Hall–Kier alpha value is -2.02. The highest BCUT2D eigenvalue weighted by atomic mass is 32.1. The van der Waals surface area contributed by atoms with Crippen molar-refractivity contribution in [3.8, 4) is 0 Å². The van der Waals surface area contributed by atoms with Gasteiger partial charge in [0.15, 0.2) is 0 Å². The van der Waals surface area contributed by atoms with Crippen LogP contribution in [0.3, 0.4) is 0 Å². The molecule has 2 amide bonds. The molecular weight excluding hydrogens is 352 g/mol. The highest BCUT2D eigenvalue weighted by molar-refractivity contribution is 7.81. The number of benzene rings is 1. The van der Waals surface area contributed by atoms with E-state index in [1.165, 1.54) is 4.90 Å². The molecule has 4 atom stereocenters. The second-order valence-electron chi connectivity index (χ2n) is 6.71. The van der Waals surface area contributed by atoms with E-state index in [2.05, 4.69) is 17.9 Å². The first kappa shape index (κ1) is 20.3. The lowest BCUT2D eigenvalue weighted by atomic mass is 9.97. The molecule has 1 aliphatic rings. The third-order valence-electron chi connectivity index (χ3n) is 4.96. The number of aliphatic carboxylic acids is 1. The summed E-state index contributed by atoms with van der Waals surface area (Å²) in [5.41, 5.74) is 0.744.